The van der Waals surface area contributed by atoms with E-state index in [1.807, 2.05) is 7.05 Å². The van der Waals surface area contributed by atoms with Gasteiger partial charge in [-0.1, -0.05) is 6.07 Å². The van der Waals surface area contributed by atoms with Gasteiger partial charge >= 0.3 is 0 Å². The number of anilines is 1. The second-order valence-electron chi connectivity index (χ2n) is 4.21. The van der Waals surface area contributed by atoms with Gasteiger partial charge < -0.3 is 10.6 Å². The molecule has 0 fully saturated rings. The number of nitriles is 1. The molecule has 0 saturated heterocycles. The van der Waals surface area contributed by atoms with E-state index in [1.165, 1.54) is 11.1 Å². The summed E-state index contributed by atoms with van der Waals surface area (Å²) in [6.07, 6.45) is 2.67. The van der Waals surface area contributed by atoms with Gasteiger partial charge in [-0.05, 0) is 50.1 Å². The Bertz CT molecular complexity index is 380. The highest BCUT2D eigenvalue weighted by molar-refractivity contribution is 5.48. The van der Waals surface area contributed by atoms with Crippen molar-refractivity contribution in [3.05, 3.63) is 29.3 Å². The molecular weight excluding hydrogens is 210 g/mol. The van der Waals surface area contributed by atoms with Crippen LogP contribution in [-0.4, -0.2) is 13.6 Å². The van der Waals surface area contributed by atoms with Gasteiger partial charge in [0.2, 0.25) is 0 Å². The minimum atomic E-state index is 0.653. The van der Waals surface area contributed by atoms with Gasteiger partial charge in [0.25, 0.3) is 0 Å². The van der Waals surface area contributed by atoms with Crippen molar-refractivity contribution in [2.24, 2.45) is 0 Å². The molecule has 0 heterocycles. The summed E-state index contributed by atoms with van der Waals surface area (Å²) in [7, 11) is 1.96. The maximum atomic E-state index is 8.43. The molecule has 1 aromatic rings. The molecule has 0 atom stereocenters. The van der Waals surface area contributed by atoms with E-state index in [0.717, 1.165) is 31.6 Å². The number of rotatable bonds is 7. The van der Waals surface area contributed by atoms with Gasteiger partial charge in [0.1, 0.15) is 0 Å². The first-order valence-corrected chi connectivity index (χ1v) is 6.13. The summed E-state index contributed by atoms with van der Waals surface area (Å²) in [5, 5.41) is 15.0. The Kier molecular flexibility index (Phi) is 6.13. The highest BCUT2D eigenvalue weighted by Gasteiger charge is 1.99. The van der Waals surface area contributed by atoms with Crippen molar-refractivity contribution in [3.63, 3.8) is 0 Å². The van der Waals surface area contributed by atoms with Crippen LogP contribution in [0.5, 0.6) is 0 Å². The van der Waals surface area contributed by atoms with E-state index in [9.17, 15) is 0 Å². The van der Waals surface area contributed by atoms with E-state index in [2.05, 4.69) is 41.8 Å². The fraction of sp³-hybridized carbons (Fsp3) is 0.500. The predicted octanol–water partition coefficient (Wildman–Crippen LogP) is 2.82. The van der Waals surface area contributed by atoms with Crippen LogP contribution >= 0.6 is 0 Å². The smallest absolute Gasteiger partial charge is 0.0621 e. The minimum Gasteiger partial charge on any atom is -0.385 e. The van der Waals surface area contributed by atoms with Gasteiger partial charge in [0.05, 0.1) is 6.07 Å². The van der Waals surface area contributed by atoms with Crippen molar-refractivity contribution < 1.29 is 0 Å². The standard InChI is InChI=1S/C14H21N3/c1-12-6-7-14(10-13(12)11-16-2)17-9-5-3-4-8-15/h6-7,10,16-17H,3-5,9,11H2,1-2H3. The van der Waals surface area contributed by atoms with Crippen LogP contribution in [0.4, 0.5) is 5.69 Å². The maximum Gasteiger partial charge on any atom is 0.0621 e. The molecule has 17 heavy (non-hydrogen) atoms. The summed E-state index contributed by atoms with van der Waals surface area (Å²) in [6, 6.07) is 8.61. The molecule has 0 aliphatic rings. The molecule has 92 valence electrons. The largest absolute Gasteiger partial charge is 0.385 e. The number of hydrogen-bond acceptors (Lipinski definition) is 3. The van der Waals surface area contributed by atoms with Gasteiger partial charge in [0.15, 0.2) is 0 Å². The molecule has 0 radical (unpaired) electrons. The molecule has 0 amide bonds. The van der Waals surface area contributed by atoms with Crippen LogP contribution in [0.3, 0.4) is 0 Å². The number of benzene rings is 1. The third-order valence-electron chi connectivity index (χ3n) is 2.76. The molecule has 3 nitrogen and oxygen atoms in total. The summed E-state index contributed by atoms with van der Waals surface area (Å²) in [5.74, 6) is 0. The Morgan fingerprint density at radius 1 is 1.29 bits per heavy atom. The van der Waals surface area contributed by atoms with Crippen LogP contribution in [0, 0.1) is 18.3 Å². The van der Waals surface area contributed by atoms with Gasteiger partial charge in [-0.3, -0.25) is 0 Å². The third kappa shape index (κ3) is 4.88. The number of unbranched alkanes of at least 4 members (excludes halogenated alkanes) is 2. The topological polar surface area (TPSA) is 47.8 Å². The lowest BCUT2D eigenvalue weighted by Crippen LogP contribution is -2.08. The van der Waals surface area contributed by atoms with E-state index in [0.29, 0.717) is 6.42 Å². The summed E-state index contributed by atoms with van der Waals surface area (Å²) < 4.78 is 0. The molecule has 1 rings (SSSR count). The quantitative estimate of drug-likeness (QED) is 0.709. The lowest BCUT2D eigenvalue weighted by atomic mass is 10.1. The molecule has 2 N–H and O–H groups in total. The highest BCUT2D eigenvalue weighted by Crippen LogP contribution is 2.15. The van der Waals surface area contributed by atoms with Crippen LogP contribution in [0.1, 0.15) is 30.4 Å². The zero-order valence-electron chi connectivity index (χ0n) is 10.7. The third-order valence-corrected chi connectivity index (χ3v) is 2.76. The average molecular weight is 231 g/mol. The number of aryl methyl sites for hydroxylation is 1. The van der Waals surface area contributed by atoms with E-state index in [1.54, 1.807) is 0 Å². The van der Waals surface area contributed by atoms with Crippen molar-refractivity contribution in [1.29, 1.82) is 5.26 Å². The summed E-state index contributed by atoms with van der Waals surface area (Å²) in [4.78, 5) is 0. The molecule has 0 aliphatic heterocycles. The lowest BCUT2D eigenvalue weighted by Gasteiger charge is -2.10. The SMILES string of the molecule is CNCc1cc(NCCCCC#N)ccc1C. The van der Waals surface area contributed by atoms with E-state index in [-0.39, 0.29) is 0 Å². The highest BCUT2D eigenvalue weighted by atomic mass is 14.9. The molecule has 0 aliphatic carbocycles. The first-order chi connectivity index (χ1) is 8.27. The van der Waals surface area contributed by atoms with Crippen molar-refractivity contribution in [1.82, 2.24) is 5.32 Å². The van der Waals surface area contributed by atoms with Crippen molar-refractivity contribution >= 4 is 5.69 Å². The zero-order valence-corrected chi connectivity index (χ0v) is 10.7. The van der Waals surface area contributed by atoms with Gasteiger partial charge in [-0.15, -0.1) is 0 Å². The van der Waals surface area contributed by atoms with Crippen LogP contribution in [0.25, 0.3) is 0 Å². The Labute approximate surface area is 104 Å². The molecule has 1 aromatic carbocycles. The van der Waals surface area contributed by atoms with Crippen molar-refractivity contribution in [2.45, 2.75) is 32.7 Å². The predicted molar refractivity (Wildman–Crippen MR) is 71.9 cm³/mol. The summed E-state index contributed by atoms with van der Waals surface area (Å²) in [6.45, 7) is 3.96. The van der Waals surface area contributed by atoms with Crippen molar-refractivity contribution in [2.75, 3.05) is 18.9 Å². The molecule has 0 saturated carbocycles. The Morgan fingerprint density at radius 2 is 2.12 bits per heavy atom. The Morgan fingerprint density at radius 3 is 2.82 bits per heavy atom. The van der Waals surface area contributed by atoms with Gasteiger partial charge in [0, 0.05) is 25.2 Å². The normalized spacial score (nSPS) is 9.94. The monoisotopic (exact) mass is 231 g/mol. The number of nitrogens with one attached hydrogen (secondary N) is 2. The zero-order chi connectivity index (χ0) is 12.5. The molecule has 0 unspecified atom stereocenters. The Balaban J connectivity index is 2.43. The summed E-state index contributed by atoms with van der Waals surface area (Å²) >= 11 is 0. The van der Waals surface area contributed by atoms with Crippen LogP contribution in [0.2, 0.25) is 0 Å². The van der Waals surface area contributed by atoms with Crippen LogP contribution < -0.4 is 10.6 Å². The fourth-order valence-electron chi connectivity index (χ4n) is 1.72. The van der Waals surface area contributed by atoms with E-state index < -0.39 is 0 Å². The van der Waals surface area contributed by atoms with E-state index in [4.69, 9.17) is 5.26 Å². The average Bonchev–Trinajstić information content (AvgIpc) is 2.33. The molecule has 0 aromatic heterocycles. The maximum absolute atomic E-state index is 8.43. The summed E-state index contributed by atoms with van der Waals surface area (Å²) in [5.41, 5.74) is 3.81. The number of nitrogens with zero attached hydrogens (tertiary/aromatic N) is 1. The van der Waals surface area contributed by atoms with E-state index >= 15 is 0 Å². The first kappa shape index (κ1) is 13.5. The fourth-order valence-corrected chi connectivity index (χ4v) is 1.72. The van der Waals surface area contributed by atoms with Gasteiger partial charge in [-0.2, -0.15) is 5.26 Å². The van der Waals surface area contributed by atoms with Gasteiger partial charge in [-0.25, -0.2) is 0 Å². The Hall–Kier alpha value is -1.53. The second kappa shape index (κ2) is 7.70. The molecule has 0 spiro atoms. The molecular formula is C14H21N3. The second-order valence-corrected chi connectivity index (χ2v) is 4.21. The first-order valence-electron chi connectivity index (χ1n) is 6.13. The minimum absolute atomic E-state index is 0.653. The molecule has 3 heteroatoms. The van der Waals surface area contributed by atoms with Crippen LogP contribution in [0.15, 0.2) is 18.2 Å². The van der Waals surface area contributed by atoms with Crippen molar-refractivity contribution in [3.8, 4) is 6.07 Å². The van der Waals surface area contributed by atoms with Crippen LogP contribution in [-0.2, 0) is 6.54 Å². The number of hydrogen-bond donors (Lipinski definition) is 2. The lowest BCUT2D eigenvalue weighted by molar-refractivity contribution is 0.783. The molecule has 0 bridgehead atoms.